The van der Waals surface area contributed by atoms with E-state index in [2.05, 4.69) is 11.3 Å². The fraction of sp³-hybridized carbons (Fsp3) is 0.786. The van der Waals surface area contributed by atoms with Crippen molar-refractivity contribution in [2.24, 2.45) is 18.7 Å². The summed E-state index contributed by atoms with van der Waals surface area (Å²) in [6.45, 7) is 0. The molecule has 0 radical (unpaired) electrons. The van der Waals surface area contributed by atoms with Crippen molar-refractivity contribution in [1.29, 1.82) is 0 Å². The molecule has 0 aromatic carbocycles. The van der Waals surface area contributed by atoms with Crippen molar-refractivity contribution >= 4 is 0 Å². The van der Waals surface area contributed by atoms with E-state index in [4.69, 9.17) is 5.73 Å². The van der Waals surface area contributed by atoms with E-state index in [1.54, 1.807) is 0 Å². The van der Waals surface area contributed by atoms with Crippen molar-refractivity contribution in [3.63, 3.8) is 0 Å². The van der Waals surface area contributed by atoms with Crippen molar-refractivity contribution in [1.82, 2.24) is 9.78 Å². The van der Waals surface area contributed by atoms with Crippen LogP contribution in [0.15, 0.2) is 12.4 Å². The Morgan fingerprint density at radius 2 is 2.18 bits per heavy atom. The lowest BCUT2D eigenvalue weighted by molar-refractivity contribution is 0.323. The molecule has 1 saturated carbocycles. The number of rotatable bonds is 5. The number of hydrogen-bond acceptors (Lipinski definition) is 2. The molecule has 1 fully saturated rings. The number of aryl methyl sites for hydroxylation is 1. The molecular weight excluding hydrogens is 210 g/mol. The molecule has 1 aliphatic carbocycles. The minimum absolute atomic E-state index is 0.307. The smallest absolute Gasteiger partial charge is 0.0522 e. The summed E-state index contributed by atoms with van der Waals surface area (Å²) in [4.78, 5) is 0. The van der Waals surface area contributed by atoms with E-state index in [1.807, 2.05) is 17.9 Å². The summed E-state index contributed by atoms with van der Waals surface area (Å²) in [5, 5.41) is 4.18. The monoisotopic (exact) mass is 235 g/mol. The van der Waals surface area contributed by atoms with Gasteiger partial charge in [-0.05, 0) is 30.7 Å². The van der Waals surface area contributed by atoms with Gasteiger partial charge in [0.2, 0.25) is 0 Å². The Morgan fingerprint density at radius 1 is 1.41 bits per heavy atom. The van der Waals surface area contributed by atoms with Crippen molar-refractivity contribution < 1.29 is 0 Å². The van der Waals surface area contributed by atoms with Gasteiger partial charge in [0.25, 0.3) is 0 Å². The third kappa shape index (κ3) is 4.15. The Kier molecular flexibility index (Phi) is 4.60. The van der Waals surface area contributed by atoms with Gasteiger partial charge in [-0.2, -0.15) is 5.10 Å². The van der Waals surface area contributed by atoms with E-state index in [0.717, 1.165) is 12.3 Å². The van der Waals surface area contributed by atoms with Crippen LogP contribution in [0.25, 0.3) is 0 Å². The van der Waals surface area contributed by atoms with Gasteiger partial charge in [0.05, 0.1) is 6.20 Å². The first kappa shape index (κ1) is 12.6. The summed E-state index contributed by atoms with van der Waals surface area (Å²) in [5.41, 5.74) is 7.46. The zero-order valence-corrected chi connectivity index (χ0v) is 10.9. The minimum atomic E-state index is 0.307. The molecule has 1 aromatic rings. The quantitative estimate of drug-likeness (QED) is 0.852. The van der Waals surface area contributed by atoms with Crippen molar-refractivity contribution in [3.05, 3.63) is 18.0 Å². The maximum absolute atomic E-state index is 6.20. The Balaban J connectivity index is 1.68. The first-order valence-electron chi connectivity index (χ1n) is 6.97. The van der Waals surface area contributed by atoms with E-state index >= 15 is 0 Å². The molecule has 96 valence electrons. The maximum Gasteiger partial charge on any atom is 0.0522 e. The average molecular weight is 235 g/mol. The molecule has 0 aliphatic heterocycles. The van der Waals surface area contributed by atoms with E-state index in [1.165, 1.54) is 50.5 Å². The van der Waals surface area contributed by atoms with Gasteiger partial charge in [-0.1, -0.05) is 32.1 Å². The van der Waals surface area contributed by atoms with Crippen LogP contribution in [0.2, 0.25) is 0 Å². The highest BCUT2D eigenvalue weighted by Crippen LogP contribution is 2.27. The zero-order valence-electron chi connectivity index (χ0n) is 10.9. The van der Waals surface area contributed by atoms with Crippen LogP contribution in [0.4, 0.5) is 0 Å². The van der Waals surface area contributed by atoms with Crippen LogP contribution in [-0.2, 0) is 13.5 Å². The Hall–Kier alpha value is -0.830. The van der Waals surface area contributed by atoms with Crippen LogP contribution >= 0.6 is 0 Å². The molecule has 3 nitrogen and oxygen atoms in total. The molecule has 17 heavy (non-hydrogen) atoms. The van der Waals surface area contributed by atoms with Crippen LogP contribution in [0, 0.1) is 5.92 Å². The lowest BCUT2D eigenvalue weighted by Crippen LogP contribution is -2.24. The topological polar surface area (TPSA) is 43.8 Å². The molecule has 1 aliphatic rings. The standard InChI is InChI=1S/C14H25N3/c1-17-11-13(10-16-17)9-14(15)8-7-12-5-3-2-4-6-12/h10-12,14H,2-9,15H2,1H3. The second kappa shape index (κ2) is 6.20. The number of hydrogen-bond donors (Lipinski definition) is 1. The zero-order chi connectivity index (χ0) is 12.1. The summed E-state index contributed by atoms with van der Waals surface area (Å²) < 4.78 is 1.85. The first-order chi connectivity index (χ1) is 8.24. The Labute approximate surface area is 104 Å². The highest BCUT2D eigenvalue weighted by molar-refractivity contribution is 5.05. The van der Waals surface area contributed by atoms with Crippen LogP contribution in [0.1, 0.15) is 50.5 Å². The predicted octanol–water partition coefficient (Wildman–Crippen LogP) is 2.65. The van der Waals surface area contributed by atoms with Crippen molar-refractivity contribution in [2.45, 2.75) is 57.4 Å². The molecule has 2 N–H and O–H groups in total. The second-order valence-electron chi connectivity index (χ2n) is 5.57. The summed E-state index contributed by atoms with van der Waals surface area (Å²) in [6, 6.07) is 0.307. The largest absolute Gasteiger partial charge is 0.327 e. The fourth-order valence-electron chi connectivity index (χ4n) is 2.91. The van der Waals surface area contributed by atoms with Gasteiger partial charge in [-0.25, -0.2) is 0 Å². The fourth-order valence-corrected chi connectivity index (χ4v) is 2.91. The summed E-state index contributed by atoms with van der Waals surface area (Å²) in [7, 11) is 1.96. The van der Waals surface area contributed by atoms with Gasteiger partial charge in [-0.15, -0.1) is 0 Å². The van der Waals surface area contributed by atoms with Gasteiger partial charge in [0, 0.05) is 19.3 Å². The van der Waals surface area contributed by atoms with Crippen LogP contribution in [0.5, 0.6) is 0 Å². The van der Waals surface area contributed by atoms with Gasteiger partial charge in [-0.3, -0.25) is 4.68 Å². The molecule has 3 heteroatoms. The average Bonchev–Trinajstić information content (AvgIpc) is 2.73. The van der Waals surface area contributed by atoms with Gasteiger partial charge >= 0.3 is 0 Å². The lowest BCUT2D eigenvalue weighted by Gasteiger charge is -2.22. The Bertz CT molecular complexity index is 326. The maximum atomic E-state index is 6.20. The van der Waals surface area contributed by atoms with E-state index in [-0.39, 0.29) is 0 Å². The third-order valence-corrected chi connectivity index (χ3v) is 3.93. The first-order valence-corrected chi connectivity index (χ1v) is 6.97. The molecule has 0 saturated heterocycles. The molecule has 1 unspecified atom stereocenters. The van der Waals surface area contributed by atoms with Crippen molar-refractivity contribution in [3.8, 4) is 0 Å². The third-order valence-electron chi connectivity index (χ3n) is 3.93. The highest BCUT2D eigenvalue weighted by Gasteiger charge is 2.15. The molecule has 0 amide bonds. The molecule has 0 spiro atoms. The van der Waals surface area contributed by atoms with Gasteiger partial charge in [0.15, 0.2) is 0 Å². The SMILES string of the molecule is Cn1cc(CC(N)CCC2CCCCC2)cn1. The van der Waals surface area contributed by atoms with E-state index < -0.39 is 0 Å². The number of nitrogens with two attached hydrogens (primary N) is 1. The molecule has 0 bridgehead atoms. The summed E-state index contributed by atoms with van der Waals surface area (Å²) in [6.07, 6.45) is 14.6. The second-order valence-corrected chi connectivity index (χ2v) is 5.57. The lowest BCUT2D eigenvalue weighted by atomic mass is 9.85. The Morgan fingerprint density at radius 3 is 2.82 bits per heavy atom. The molecule has 1 atom stereocenters. The van der Waals surface area contributed by atoms with Crippen LogP contribution < -0.4 is 5.73 Å². The molecule has 1 heterocycles. The number of nitrogens with zero attached hydrogens (tertiary/aromatic N) is 2. The van der Waals surface area contributed by atoms with E-state index in [9.17, 15) is 0 Å². The molecule has 1 aromatic heterocycles. The van der Waals surface area contributed by atoms with E-state index in [0.29, 0.717) is 6.04 Å². The van der Waals surface area contributed by atoms with Crippen molar-refractivity contribution in [2.75, 3.05) is 0 Å². The van der Waals surface area contributed by atoms with Crippen LogP contribution in [0.3, 0.4) is 0 Å². The van der Waals surface area contributed by atoms with Gasteiger partial charge < -0.3 is 5.73 Å². The predicted molar refractivity (Wildman–Crippen MR) is 70.7 cm³/mol. The minimum Gasteiger partial charge on any atom is -0.327 e. The van der Waals surface area contributed by atoms with Crippen LogP contribution in [-0.4, -0.2) is 15.8 Å². The molecule has 2 rings (SSSR count). The highest BCUT2D eigenvalue weighted by atomic mass is 15.2. The van der Waals surface area contributed by atoms with Gasteiger partial charge in [0.1, 0.15) is 0 Å². The summed E-state index contributed by atoms with van der Waals surface area (Å²) >= 11 is 0. The normalized spacial score (nSPS) is 19.4. The summed E-state index contributed by atoms with van der Waals surface area (Å²) in [5.74, 6) is 0.948. The number of aromatic nitrogens is 2. The molecular formula is C14H25N3.